The summed E-state index contributed by atoms with van der Waals surface area (Å²) >= 11 is 3.49. The number of carbonyl (C=O) groups excluding carboxylic acids is 1. The van der Waals surface area contributed by atoms with E-state index in [1.807, 2.05) is 18.2 Å². The van der Waals surface area contributed by atoms with Gasteiger partial charge < -0.3 is 5.32 Å². The highest BCUT2D eigenvalue weighted by Gasteiger charge is 2.08. The molecule has 1 amide bonds. The standard InChI is InChI=1S/C11H14BrNO/c1-8(7-13-9(2)14)10-5-3-4-6-11(10)12/h3-6,8H,7H2,1-2H3,(H,13,14). The molecule has 1 N–H and O–H groups in total. The Morgan fingerprint density at radius 2 is 2.14 bits per heavy atom. The molecular weight excluding hydrogens is 242 g/mol. The molecule has 0 bridgehead atoms. The Balaban J connectivity index is 2.65. The van der Waals surface area contributed by atoms with E-state index in [-0.39, 0.29) is 5.91 Å². The SMILES string of the molecule is CC(=O)NCC(C)c1ccccc1Br. The first-order chi connectivity index (χ1) is 6.61. The van der Waals surface area contributed by atoms with E-state index in [1.54, 1.807) is 0 Å². The van der Waals surface area contributed by atoms with Crippen molar-refractivity contribution in [3.63, 3.8) is 0 Å². The first-order valence-corrected chi connectivity index (χ1v) is 5.39. The van der Waals surface area contributed by atoms with Crippen LogP contribution in [-0.4, -0.2) is 12.5 Å². The van der Waals surface area contributed by atoms with Gasteiger partial charge in [0.2, 0.25) is 5.91 Å². The molecule has 0 heterocycles. The molecule has 0 saturated heterocycles. The van der Waals surface area contributed by atoms with Gasteiger partial charge in [-0.1, -0.05) is 41.1 Å². The maximum absolute atomic E-state index is 10.7. The molecule has 0 aliphatic carbocycles. The number of hydrogen-bond acceptors (Lipinski definition) is 1. The van der Waals surface area contributed by atoms with Gasteiger partial charge in [0, 0.05) is 17.9 Å². The van der Waals surface area contributed by atoms with Crippen molar-refractivity contribution in [1.82, 2.24) is 5.32 Å². The largest absolute Gasteiger partial charge is 0.356 e. The summed E-state index contributed by atoms with van der Waals surface area (Å²) in [5.41, 5.74) is 1.22. The van der Waals surface area contributed by atoms with Crippen LogP contribution in [0.3, 0.4) is 0 Å². The summed E-state index contributed by atoms with van der Waals surface area (Å²) in [6.07, 6.45) is 0. The predicted molar refractivity (Wildman–Crippen MR) is 61.2 cm³/mol. The Labute approximate surface area is 92.8 Å². The average molecular weight is 256 g/mol. The number of hydrogen-bond donors (Lipinski definition) is 1. The average Bonchev–Trinajstić information content (AvgIpc) is 2.15. The fraction of sp³-hybridized carbons (Fsp3) is 0.364. The highest BCUT2D eigenvalue weighted by molar-refractivity contribution is 9.10. The van der Waals surface area contributed by atoms with Crippen LogP contribution in [0, 0.1) is 0 Å². The minimum atomic E-state index is 0.0175. The van der Waals surface area contributed by atoms with Crippen molar-refractivity contribution < 1.29 is 4.79 Å². The minimum absolute atomic E-state index is 0.0175. The lowest BCUT2D eigenvalue weighted by molar-refractivity contribution is -0.119. The third-order valence-electron chi connectivity index (χ3n) is 2.09. The molecule has 0 aromatic heterocycles. The third-order valence-corrected chi connectivity index (χ3v) is 2.82. The van der Waals surface area contributed by atoms with Gasteiger partial charge in [0.05, 0.1) is 0 Å². The molecule has 0 saturated carbocycles. The molecule has 0 aliphatic heterocycles. The molecule has 0 aliphatic rings. The lowest BCUT2D eigenvalue weighted by Gasteiger charge is -2.13. The molecule has 1 aromatic rings. The number of rotatable bonds is 3. The summed E-state index contributed by atoms with van der Waals surface area (Å²) in [6.45, 7) is 4.31. The summed E-state index contributed by atoms with van der Waals surface area (Å²) in [6, 6.07) is 8.07. The van der Waals surface area contributed by atoms with E-state index in [4.69, 9.17) is 0 Å². The number of halogens is 1. The second-order valence-corrected chi connectivity index (χ2v) is 4.21. The first kappa shape index (κ1) is 11.2. The molecule has 1 aromatic carbocycles. The van der Waals surface area contributed by atoms with Crippen LogP contribution in [0.2, 0.25) is 0 Å². The van der Waals surface area contributed by atoms with Crippen LogP contribution in [0.15, 0.2) is 28.7 Å². The highest BCUT2D eigenvalue weighted by Crippen LogP contribution is 2.23. The Bertz CT molecular complexity index is 325. The second-order valence-electron chi connectivity index (χ2n) is 3.36. The second kappa shape index (κ2) is 5.15. The van der Waals surface area contributed by atoms with Gasteiger partial charge in [-0.2, -0.15) is 0 Å². The zero-order valence-corrected chi connectivity index (χ0v) is 9.97. The molecule has 1 atom stereocenters. The Kier molecular flexibility index (Phi) is 4.14. The van der Waals surface area contributed by atoms with Crippen LogP contribution in [0.5, 0.6) is 0 Å². The zero-order chi connectivity index (χ0) is 10.6. The van der Waals surface area contributed by atoms with E-state index >= 15 is 0 Å². The van der Waals surface area contributed by atoms with E-state index in [1.165, 1.54) is 12.5 Å². The fourth-order valence-corrected chi connectivity index (χ4v) is 1.96. The van der Waals surface area contributed by atoms with Gasteiger partial charge in [-0.3, -0.25) is 4.79 Å². The molecule has 2 nitrogen and oxygen atoms in total. The molecule has 14 heavy (non-hydrogen) atoms. The molecule has 0 radical (unpaired) electrons. The van der Waals surface area contributed by atoms with Gasteiger partial charge in [0.1, 0.15) is 0 Å². The van der Waals surface area contributed by atoms with Crippen LogP contribution >= 0.6 is 15.9 Å². The van der Waals surface area contributed by atoms with Crippen LogP contribution in [-0.2, 0) is 4.79 Å². The van der Waals surface area contributed by atoms with Gasteiger partial charge in [0.15, 0.2) is 0 Å². The molecule has 1 unspecified atom stereocenters. The van der Waals surface area contributed by atoms with Crippen LogP contribution < -0.4 is 5.32 Å². The number of nitrogens with one attached hydrogen (secondary N) is 1. The Hall–Kier alpha value is -0.830. The maximum Gasteiger partial charge on any atom is 0.216 e. The van der Waals surface area contributed by atoms with Crippen molar-refractivity contribution in [2.45, 2.75) is 19.8 Å². The van der Waals surface area contributed by atoms with Crippen molar-refractivity contribution in [3.05, 3.63) is 34.3 Å². The summed E-state index contributed by atoms with van der Waals surface area (Å²) in [7, 11) is 0. The minimum Gasteiger partial charge on any atom is -0.356 e. The quantitative estimate of drug-likeness (QED) is 0.885. The summed E-state index contributed by atoms with van der Waals surface area (Å²) < 4.78 is 1.10. The first-order valence-electron chi connectivity index (χ1n) is 4.60. The van der Waals surface area contributed by atoms with E-state index < -0.39 is 0 Å². The van der Waals surface area contributed by atoms with E-state index in [0.29, 0.717) is 12.5 Å². The van der Waals surface area contributed by atoms with Gasteiger partial charge in [-0.05, 0) is 17.5 Å². The van der Waals surface area contributed by atoms with Crippen molar-refractivity contribution in [3.8, 4) is 0 Å². The van der Waals surface area contributed by atoms with Crippen molar-refractivity contribution in [2.75, 3.05) is 6.54 Å². The fourth-order valence-electron chi connectivity index (χ4n) is 1.28. The van der Waals surface area contributed by atoms with Gasteiger partial charge in [0.25, 0.3) is 0 Å². The Morgan fingerprint density at radius 1 is 1.50 bits per heavy atom. The smallest absolute Gasteiger partial charge is 0.216 e. The molecule has 0 fully saturated rings. The van der Waals surface area contributed by atoms with Gasteiger partial charge >= 0.3 is 0 Å². The molecule has 76 valence electrons. The summed E-state index contributed by atoms with van der Waals surface area (Å²) in [5.74, 6) is 0.346. The van der Waals surface area contributed by atoms with E-state index in [2.05, 4.69) is 34.2 Å². The third kappa shape index (κ3) is 3.14. The van der Waals surface area contributed by atoms with Crippen LogP contribution in [0.25, 0.3) is 0 Å². The topological polar surface area (TPSA) is 29.1 Å². The maximum atomic E-state index is 10.7. The predicted octanol–water partition coefficient (Wildman–Crippen LogP) is 2.69. The number of benzene rings is 1. The number of amides is 1. The molecular formula is C11H14BrNO. The van der Waals surface area contributed by atoms with Crippen molar-refractivity contribution in [2.24, 2.45) is 0 Å². The van der Waals surface area contributed by atoms with Gasteiger partial charge in [-0.25, -0.2) is 0 Å². The lowest BCUT2D eigenvalue weighted by atomic mass is 10.0. The van der Waals surface area contributed by atoms with Crippen molar-refractivity contribution >= 4 is 21.8 Å². The lowest BCUT2D eigenvalue weighted by Crippen LogP contribution is -2.24. The molecule has 3 heteroatoms. The molecule has 1 rings (SSSR count). The van der Waals surface area contributed by atoms with E-state index in [0.717, 1.165) is 4.47 Å². The van der Waals surface area contributed by atoms with Crippen LogP contribution in [0.1, 0.15) is 25.3 Å². The van der Waals surface area contributed by atoms with Crippen molar-refractivity contribution in [1.29, 1.82) is 0 Å². The zero-order valence-electron chi connectivity index (χ0n) is 8.38. The summed E-state index contributed by atoms with van der Waals surface area (Å²) in [5, 5.41) is 2.81. The highest BCUT2D eigenvalue weighted by atomic mass is 79.9. The van der Waals surface area contributed by atoms with E-state index in [9.17, 15) is 4.79 Å². The number of carbonyl (C=O) groups is 1. The molecule has 0 spiro atoms. The van der Waals surface area contributed by atoms with Gasteiger partial charge in [-0.15, -0.1) is 0 Å². The normalized spacial score (nSPS) is 12.2. The monoisotopic (exact) mass is 255 g/mol. The van der Waals surface area contributed by atoms with Crippen LogP contribution in [0.4, 0.5) is 0 Å². The Morgan fingerprint density at radius 3 is 2.71 bits per heavy atom. The summed E-state index contributed by atoms with van der Waals surface area (Å²) in [4.78, 5) is 10.7.